The van der Waals surface area contributed by atoms with E-state index in [1.165, 1.54) is 19.4 Å². The molecule has 1 N–H and O–H groups in total. The average molecular weight is 416 g/mol. The third-order valence-electron chi connectivity index (χ3n) is 4.18. The minimum Gasteiger partial charge on any atom is -0.480 e. The van der Waals surface area contributed by atoms with Crippen LogP contribution in [0.4, 0.5) is 14.5 Å². The fourth-order valence-electron chi connectivity index (χ4n) is 2.84. The number of benzene rings is 1. The van der Waals surface area contributed by atoms with E-state index in [0.29, 0.717) is 11.6 Å². The molecule has 0 aliphatic heterocycles. The minimum atomic E-state index is -4.35. The van der Waals surface area contributed by atoms with Crippen LogP contribution in [0.5, 0.6) is 5.88 Å². The van der Waals surface area contributed by atoms with Crippen LogP contribution >= 0.6 is 0 Å². The maximum Gasteiger partial charge on any atom is 0.264 e. The first-order valence-electron chi connectivity index (χ1n) is 8.33. The lowest BCUT2D eigenvalue weighted by molar-refractivity contribution is 0.400. The Morgan fingerprint density at radius 3 is 2.66 bits per heavy atom. The largest absolute Gasteiger partial charge is 0.480 e. The molecule has 29 heavy (non-hydrogen) atoms. The molecule has 0 atom stereocenters. The van der Waals surface area contributed by atoms with Gasteiger partial charge in [-0.3, -0.25) is 4.72 Å². The number of nitrogens with zero attached hydrogens (tertiary/aromatic N) is 3. The number of sulfonamides is 1. The van der Waals surface area contributed by atoms with Crippen molar-refractivity contribution in [3.8, 4) is 17.0 Å². The van der Waals surface area contributed by atoms with Crippen LogP contribution in [0.15, 0.2) is 66.0 Å². The van der Waals surface area contributed by atoms with Gasteiger partial charge >= 0.3 is 0 Å². The summed E-state index contributed by atoms with van der Waals surface area (Å²) in [5.41, 5.74) is 2.19. The number of fused-ring (bicyclic) bond motifs is 1. The second-order valence-corrected chi connectivity index (χ2v) is 7.73. The Balaban J connectivity index is 1.75. The van der Waals surface area contributed by atoms with Gasteiger partial charge in [-0.05, 0) is 36.4 Å². The summed E-state index contributed by atoms with van der Waals surface area (Å²) in [4.78, 5) is 3.44. The highest BCUT2D eigenvalue weighted by Gasteiger charge is 2.22. The molecule has 0 aliphatic carbocycles. The van der Waals surface area contributed by atoms with E-state index in [0.717, 1.165) is 23.2 Å². The molecule has 10 heteroatoms. The molecule has 0 radical (unpaired) electrons. The highest BCUT2D eigenvalue weighted by molar-refractivity contribution is 7.92. The molecule has 148 valence electrons. The lowest BCUT2D eigenvalue weighted by atomic mass is 10.1. The monoisotopic (exact) mass is 416 g/mol. The number of aromatic nitrogens is 3. The van der Waals surface area contributed by atoms with Crippen molar-refractivity contribution >= 4 is 21.2 Å². The van der Waals surface area contributed by atoms with Crippen molar-refractivity contribution in [3.05, 3.63) is 72.7 Å². The number of rotatable bonds is 5. The molecule has 0 saturated heterocycles. The molecule has 3 heterocycles. The lowest BCUT2D eigenvalue weighted by Crippen LogP contribution is -2.15. The fourth-order valence-corrected chi connectivity index (χ4v) is 3.95. The number of anilines is 1. The van der Waals surface area contributed by atoms with Crippen LogP contribution in [-0.2, 0) is 10.0 Å². The first-order chi connectivity index (χ1) is 13.9. The van der Waals surface area contributed by atoms with Gasteiger partial charge in [0, 0.05) is 35.8 Å². The topological polar surface area (TPSA) is 85.6 Å². The zero-order valence-corrected chi connectivity index (χ0v) is 15.8. The van der Waals surface area contributed by atoms with E-state index >= 15 is 0 Å². The normalized spacial score (nSPS) is 11.6. The van der Waals surface area contributed by atoms with Gasteiger partial charge in [0.2, 0.25) is 5.88 Å². The Bertz CT molecular complexity index is 1290. The Morgan fingerprint density at radius 2 is 1.93 bits per heavy atom. The summed E-state index contributed by atoms with van der Waals surface area (Å²) in [5, 5.41) is 4.19. The van der Waals surface area contributed by atoms with Crippen LogP contribution in [0.2, 0.25) is 0 Å². The van der Waals surface area contributed by atoms with Gasteiger partial charge in [-0.1, -0.05) is 0 Å². The van der Waals surface area contributed by atoms with Gasteiger partial charge in [0.15, 0.2) is 0 Å². The standard InChI is InChI=1S/C19H14F2N4O3S/c1-28-19-17(24-29(26,27)18-5-4-14(20)9-16(18)21)8-12(10-22-19)13-7-15-3-2-6-23-25(15)11-13/h2-11,24H,1H3. The van der Waals surface area contributed by atoms with E-state index < -0.39 is 26.6 Å². The molecule has 4 aromatic rings. The minimum absolute atomic E-state index is 0.00161. The molecule has 0 unspecified atom stereocenters. The van der Waals surface area contributed by atoms with Gasteiger partial charge in [-0.15, -0.1) is 0 Å². The molecule has 4 rings (SSSR count). The summed E-state index contributed by atoms with van der Waals surface area (Å²) in [6.45, 7) is 0. The van der Waals surface area contributed by atoms with Crippen molar-refractivity contribution in [1.82, 2.24) is 14.6 Å². The zero-order valence-electron chi connectivity index (χ0n) is 15.0. The fraction of sp³-hybridized carbons (Fsp3) is 0.0526. The number of nitrogens with one attached hydrogen (secondary N) is 1. The van der Waals surface area contributed by atoms with E-state index in [4.69, 9.17) is 4.74 Å². The Hall–Kier alpha value is -3.53. The Kier molecular flexibility index (Phi) is 4.63. The molecule has 1 aromatic carbocycles. The van der Waals surface area contributed by atoms with Gasteiger partial charge < -0.3 is 4.74 Å². The van der Waals surface area contributed by atoms with Crippen molar-refractivity contribution < 1.29 is 21.9 Å². The van der Waals surface area contributed by atoms with Crippen molar-refractivity contribution in [2.75, 3.05) is 11.8 Å². The van der Waals surface area contributed by atoms with Crippen molar-refractivity contribution in [1.29, 1.82) is 0 Å². The van der Waals surface area contributed by atoms with Crippen LogP contribution in [0.3, 0.4) is 0 Å². The molecular formula is C19H14F2N4O3S. The summed E-state index contributed by atoms with van der Waals surface area (Å²) >= 11 is 0. The molecule has 0 bridgehead atoms. The predicted octanol–water partition coefficient (Wildman–Crippen LogP) is 3.48. The van der Waals surface area contributed by atoms with Crippen LogP contribution in [-0.4, -0.2) is 30.1 Å². The maximum absolute atomic E-state index is 14.0. The first kappa shape index (κ1) is 18.8. The third-order valence-corrected chi connectivity index (χ3v) is 5.58. The summed E-state index contributed by atoms with van der Waals surface area (Å²) in [6.07, 6.45) is 4.92. The van der Waals surface area contributed by atoms with Crippen molar-refractivity contribution in [2.24, 2.45) is 0 Å². The van der Waals surface area contributed by atoms with E-state index in [1.807, 2.05) is 12.1 Å². The van der Waals surface area contributed by atoms with Crippen molar-refractivity contribution in [2.45, 2.75) is 4.90 Å². The second-order valence-electron chi connectivity index (χ2n) is 6.08. The van der Waals surface area contributed by atoms with Crippen LogP contribution < -0.4 is 9.46 Å². The number of methoxy groups -OCH3 is 1. The average Bonchev–Trinajstić information content (AvgIpc) is 3.11. The highest BCUT2D eigenvalue weighted by atomic mass is 32.2. The van der Waals surface area contributed by atoms with Gasteiger partial charge in [0.1, 0.15) is 22.2 Å². The molecule has 3 aromatic heterocycles. The molecule has 0 fully saturated rings. The number of pyridine rings is 1. The van der Waals surface area contributed by atoms with Gasteiger partial charge in [-0.25, -0.2) is 26.7 Å². The van der Waals surface area contributed by atoms with Gasteiger partial charge in [0.05, 0.1) is 12.6 Å². The quantitative estimate of drug-likeness (QED) is 0.538. The highest BCUT2D eigenvalue weighted by Crippen LogP contribution is 2.31. The number of hydrogen-bond acceptors (Lipinski definition) is 5. The number of halogens is 2. The molecule has 0 spiro atoms. The Morgan fingerprint density at radius 1 is 1.10 bits per heavy atom. The summed E-state index contributed by atoms with van der Waals surface area (Å²) in [7, 11) is -3.02. The predicted molar refractivity (Wildman–Crippen MR) is 102 cm³/mol. The van der Waals surface area contributed by atoms with Crippen LogP contribution in [0.25, 0.3) is 16.6 Å². The van der Waals surface area contributed by atoms with E-state index in [9.17, 15) is 17.2 Å². The van der Waals surface area contributed by atoms with Gasteiger partial charge in [0.25, 0.3) is 10.0 Å². The molecule has 0 saturated carbocycles. The summed E-state index contributed by atoms with van der Waals surface area (Å²) < 4.78 is 61.4. The first-order valence-corrected chi connectivity index (χ1v) is 9.81. The molecule has 7 nitrogen and oxygen atoms in total. The summed E-state index contributed by atoms with van der Waals surface area (Å²) in [6, 6.07) is 9.25. The van der Waals surface area contributed by atoms with Crippen LogP contribution in [0, 0.1) is 11.6 Å². The SMILES string of the molecule is COc1ncc(-c2cc3cccnn3c2)cc1NS(=O)(=O)c1ccc(F)cc1F. The number of hydrogen-bond donors (Lipinski definition) is 1. The van der Waals surface area contributed by atoms with Crippen LogP contribution in [0.1, 0.15) is 0 Å². The second kappa shape index (κ2) is 7.13. The van der Waals surface area contributed by atoms with Gasteiger partial charge in [-0.2, -0.15) is 5.10 Å². The Labute approximate surface area is 164 Å². The van der Waals surface area contributed by atoms with E-state index in [2.05, 4.69) is 14.8 Å². The third kappa shape index (κ3) is 3.61. The smallest absolute Gasteiger partial charge is 0.264 e. The molecule has 0 amide bonds. The zero-order chi connectivity index (χ0) is 20.6. The summed E-state index contributed by atoms with van der Waals surface area (Å²) in [5.74, 6) is -2.08. The van der Waals surface area contributed by atoms with E-state index in [1.54, 1.807) is 23.0 Å². The maximum atomic E-state index is 14.0. The molecule has 0 aliphatic rings. The van der Waals surface area contributed by atoms with Crippen molar-refractivity contribution in [3.63, 3.8) is 0 Å². The molecular weight excluding hydrogens is 402 g/mol. The number of ether oxygens (including phenoxy) is 1. The lowest BCUT2D eigenvalue weighted by Gasteiger charge is -2.12. The van der Waals surface area contributed by atoms with E-state index in [-0.39, 0.29) is 11.6 Å².